The first-order chi connectivity index (χ1) is 17.9. The van der Waals surface area contributed by atoms with E-state index < -0.39 is 0 Å². The Bertz CT molecular complexity index is 1350. The number of carbonyl (C=O) groups excluding carboxylic acids is 2. The van der Waals surface area contributed by atoms with Crippen LogP contribution in [0.3, 0.4) is 0 Å². The zero-order valence-electron chi connectivity index (χ0n) is 20.7. The van der Waals surface area contributed by atoms with Crippen LogP contribution in [0.5, 0.6) is 0 Å². The minimum Gasteiger partial charge on any atom is -0.366 e. The highest BCUT2D eigenvalue weighted by molar-refractivity contribution is 6.06. The van der Waals surface area contributed by atoms with Gasteiger partial charge in [0.2, 0.25) is 0 Å². The van der Waals surface area contributed by atoms with E-state index in [1.165, 1.54) is 0 Å². The van der Waals surface area contributed by atoms with Crippen LogP contribution in [0.4, 0.5) is 21.9 Å². The SMILES string of the molecule is CC1CN=C(c2ccc(NC(=O)Nc3ccc(C(=O)Nc4ccc(C5=NCC(C)N5)cc4)cc3)cc2)N1. The predicted molar refractivity (Wildman–Crippen MR) is 148 cm³/mol. The predicted octanol–water partition coefficient (Wildman–Crippen LogP) is 4.06. The molecular formula is C28H29N7O2. The highest BCUT2D eigenvalue weighted by atomic mass is 16.2. The fraction of sp³-hybridized carbons (Fsp3) is 0.214. The molecular weight excluding hydrogens is 466 g/mol. The summed E-state index contributed by atoms with van der Waals surface area (Å²) < 4.78 is 0. The number of carbonyl (C=O) groups is 2. The fourth-order valence-electron chi connectivity index (χ4n) is 4.08. The number of nitrogens with one attached hydrogen (secondary N) is 5. The molecule has 0 aromatic heterocycles. The molecule has 0 bridgehead atoms. The van der Waals surface area contributed by atoms with Crippen LogP contribution < -0.4 is 26.6 Å². The van der Waals surface area contributed by atoms with Crippen LogP contribution in [0.1, 0.15) is 35.3 Å². The summed E-state index contributed by atoms with van der Waals surface area (Å²) >= 11 is 0. The first-order valence-electron chi connectivity index (χ1n) is 12.3. The highest BCUT2D eigenvalue weighted by Crippen LogP contribution is 2.16. The molecule has 0 saturated carbocycles. The number of amides is 3. The molecule has 2 aliphatic rings. The summed E-state index contributed by atoms with van der Waals surface area (Å²) in [7, 11) is 0. The van der Waals surface area contributed by atoms with Crippen molar-refractivity contribution < 1.29 is 9.59 Å². The highest BCUT2D eigenvalue weighted by Gasteiger charge is 2.15. The topological polar surface area (TPSA) is 119 Å². The standard InChI is InChI=1S/C28H29N7O2/c1-17-15-29-25(31-17)19-3-9-22(10-4-19)33-27(36)21-7-13-24(14-8-21)35-28(37)34-23-11-5-20(6-12-23)26-30-16-18(2)32-26/h3-14,17-18H,15-16H2,1-2H3,(H,29,31)(H,30,32)(H,33,36)(H2,34,35,37). The third-order valence-electron chi connectivity index (χ3n) is 6.05. The van der Waals surface area contributed by atoms with Crippen molar-refractivity contribution in [2.45, 2.75) is 25.9 Å². The molecule has 5 rings (SSSR count). The lowest BCUT2D eigenvalue weighted by molar-refractivity contribution is 0.102. The van der Waals surface area contributed by atoms with Crippen LogP contribution in [0.15, 0.2) is 82.8 Å². The lowest BCUT2D eigenvalue weighted by atomic mass is 10.1. The molecule has 0 fully saturated rings. The third-order valence-corrected chi connectivity index (χ3v) is 6.05. The Morgan fingerprint density at radius 1 is 0.649 bits per heavy atom. The van der Waals surface area contributed by atoms with Gasteiger partial charge < -0.3 is 26.6 Å². The summed E-state index contributed by atoms with van der Waals surface area (Å²) in [6, 6.07) is 22.1. The van der Waals surface area contributed by atoms with Gasteiger partial charge in [0.1, 0.15) is 11.7 Å². The van der Waals surface area contributed by atoms with Crippen LogP contribution in [-0.2, 0) is 0 Å². The zero-order chi connectivity index (χ0) is 25.8. The van der Waals surface area contributed by atoms with Crippen molar-refractivity contribution in [1.29, 1.82) is 0 Å². The summed E-state index contributed by atoms with van der Waals surface area (Å²) in [5.74, 6) is 1.51. The lowest BCUT2D eigenvalue weighted by Crippen LogP contribution is -2.27. The van der Waals surface area contributed by atoms with Crippen molar-refractivity contribution in [3.05, 3.63) is 89.5 Å². The monoisotopic (exact) mass is 495 g/mol. The average molecular weight is 496 g/mol. The van der Waals surface area contributed by atoms with E-state index in [1.54, 1.807) is 24.3 Å². The number of benzene rings is 3. The second-order valence-corrected chi connectivity index (χ2v) is 9.23. The van der Waals surface area contributed by atoms with E-state index in [2.05, 4.69) is 50.4 Å². The fourth-order valence-corrected chi connectivity index (χ4v) is 4.08. The molecule has 0 spiro atoms. The summed E-state index contributed by atoms with van der Waals surface area (Å²) in [5.41, 5.74) is 4.39. The summed E-state index contributed by atoms with van der Waals surface area (Å²) in [6.07, 6.45) is 0. The van der Waals surface area contributed by atoms with Crippen molar-refractivity contribution in [2.24, 2.45) is 9.98 Å². The molecule has 2 aliphatic heterocycles. The van der Waals surface area contributed by atoms with Crippen molar-refractivity contribution in [2.75, 3.05) is 29.0 Å². The van der Waals surface area contributed by atoms with Gasteiger partial charge in [-0.05, 0) is 86.6 Å². The number of hydrogen-bond donors (Lipinski definition) is 5. The summed E-state index contributed by atoms with van der Waals surface area (Å²) in [5, 5.41) is 15.1. The molecule has 5 N–H and O–H groups in total. The van der Waals surface area contributed by atoms with Gasteiger partial charge >= 0.3 is 6.03 Å². The first-order valence-corrected chi connectivity index (χ1v) is 12.3. The molecule has 0 saturated heterocycles. The Hall–Kier alpha value is -4.66. The number of hydrogen-bond acceptors (Lipinski definition) is 6. The molecule has 2 unspecified atom stereocenters. The van der Waals surface area contributed by atoms with E-state index in [9.17, 15) is 9.59 Å². The van der Waals surface area contributed by atoms with Gasteiger partial charge in [0, 0.05) is 45.8 Å². The van der Waals surface area contributed by atoms with Crippen molar-refractivity contribution in [3.8, 4) is 0 Å². The van der Waals surface area contributed by atoms with Gasteiger partial charge in [-0.1, -0.05) is 0 Å². The van der Waals surface area contributed by atoms with Crippen molar-refractivity contribution in [3.63, 3.8) is 0 Å². The van der Waals surface area contributed by atoms with E-state index in [4.69, 9.17) is 0 Å². The molecule has 9 heteroatoms. The number of rotatable bonds is 6. The molecule has 2 atom stereocenters. The lowest BCUT2D eigenvalue weighted by Gasteiger charge is -2.10. The maximum Gasteiger partial charge on any atom is 0.323 e. The van der Waals surface area contributed by atoms with Crippen LogP contribution in [0.25, 0.3) is 0 Å². The minimum atomic E-state index is -0.370. The number of urea groups is 1. The molecule has 37 heavy (non-hydrogen) atoms. The molecule has 3 aromatic rings. The summed E-state index contributed by atoms with van der Waals surface area (Å²) in [4.78, 5) is 34.0. The maximum atomic E-state index is 12.7. The second-order valence-electron chi connectivity index (χ2n) is 9.23. The molecule has 0 radical (unpaired) electrons. The van der Waals surface area contributed by atoms with E-state index in [0.29, 0.717) is 34.7 Å². The van der Waals surface area contributed by atoms with Crippen LogP contribution in [-0.4, -0.2) is 48.8 Å². The Labute approximate surface area is 215 Å². The Kier molecular flexibility index (Phi) is 6.85. The Morgan fingerprint density at radius 3 is 1.46 bits per heavy atom. The number of aliphatic imine (C=N–C) groups is 2. The average Bonchev–Trinajstić information content (AvgIpc) is 3.53. The first kappa shape index (κ1) is 24.1. The van der Waals surface area contributed by atoms with Crippen LogP contribution >= 0.6 is 0 Å². The Morgan fingerprint density at radius 2 is 1.05 bits per heavy atom. The number of nitrogens with zero attached hydrogens (tertiary/aromatic N) is 2. The molecule has 188 valence electrons. The van der Waals surface area contributed by atoms with Crippen LogP contribution in [0.2, 0.25) is 0 Å². The normalized spacial score (nSPS) is 18.2. The molecule has 9 nitrogen and oxygen atoms in total. The van der Waals surface area contributed by atoms with E-state index in [-0.39, 0.29) is 11.9 Å². The molecule has 2 heterocycles. The molecule has 3 aromatic carbocycles. The largest absolute Gasteiger partial charge is 0.366 e. The minimum absolute atomic E-state index is 0.232. The quantitative estimate of drug-likeness (QED) is 0.354. The van der Waals surface area contributed by atoms with E-state index >= 15 is 0 Å². The maximum absolute atomic E-state index is 12.7. The van der Waals surface area contributed by atoms with Gasteiger partial charge in [-0.15, -0.1) is 0 Å². The van der Waals surface area contributed by atoms with E-state index in [0.717, 1.165) is 35.9 Å². The van der Waals surface area contributed by atoms with Gasteiger partial charge in [0.25, 0.3) is 5.91 Å². The van der Waals surface area contributed by atoms with Gasteiger partial charge in [0.05, 0.1) is 13.1 Å². The number of amidine groups is 2. The van der Waals surface area contributed by atoms with Crippen molar-refractivity contribution >= 4 is 40.7 Å². The van der Waals surface area contributed by atoms with E-state index in [1.807, 2.05) is 48.5 Å². The van der Waals surface area contributed by atoms with Crippen molar-refractivity contribution in [1.82, 2.24) is 10.6 Å². The second kappa shape index (κ2) is 10.5. The van der Waals surface area contributed by atoms with Gasteiger partial charge in [-0.3, -0.25) is 14.8 Å². The third kappa shape index (κ3) is 5.95. The van der Waals surface area contributed by atoms with Gasteiger partial charge in [-0.25, -0.2) is 4.79 Å². The Balaban J connectivity index is 1.12. The molecule has 0 aliphatic carbocycles. The summed E-state index contributed by atoms with van der Waals surface area (Å²) in [6.45, 7) is 5.70. The number of anilines is 3. The zero-order valence-corrected chi connectivity index (χ0v) is 20.7. The smallest absolute Gasteiger partial charge is 0.323 e. The molecule has 3 amide bonds. The van der Waals surface area contributed by atoms with Crippen LogP contribution in [0, 0.1) is 0 Å². The van der Waals surface area contributed by atoms with Gasteiger partial charge in [0.15, 0.2) is 0 Å². The van der Waals surface area contributed by atoms with Gasteiger partial charge in [-0.2, -0.15) is 0 Å².